The van der Waals surface area contributed by atoms with Gasteiger partial charge in [-0.25, -0.2) is 0 Å². The third-order valence-corrected chi connectivity index (χ3v) is 2.49. The lowest BCUT2D eigenvalue weighted by molar-refractivity contribution is -0.384. The minimum absolute atomic E-state index is 0.106. The summed E-state index contributed by atoms with van der Waals surface area (Å²) in [6.07, 6.45) is -0.277. The number of nitro benzene ring substituents is 1. The van der Waals surface area contributed by atoms with E-state index in [2.05, 4.69) is 4.18 Å². The molecule has 0 saturated carbocycles. The van der Waals surface area contributed by atoms with Gasteiger partial charge in [0, 0.05) is 12.1 Å². The number of nitrogens with zero attached hydrogens (tertiary/aromatic N) is 1. The summed E-state index contributed by atoms with van der Waals surface area (Å²) in [5, 5.41) is 19.9. The van der Waals surface area contributed by atoms with Gasteiger partial charge in [0.2, 0.25) is 0 Å². The summed E-state index contributed by atoms with van der Waals surface area (Å²) in [6.45, 7) is -0.420. The van der Waals surface area contributed by atoms with Crippen molar-refractivity contribution >= 4 is 15.8 Å². The molecule has 0 aliphatic carbocycles. The monoisotopic (exact) mass is 261 g/mol. The number of hydrogen-bond donors (Lipinski definition) is 1. The number of nitro groups is 1. The molecule has 7 nitrogen and oxygen atoms in total. The Bertz CT molecular complexity index is 495. The van der Waals surface area contributed by atoms with E-state index in [4.69, 9.17) is 0 Å². The van der Waals surface area contributed by atoms with Gasteiger partial charge in [0.05, 0.1) is 17.8 Å². The molecule has 0 fully saturated rings. The summed E-state index contributed by atoms with van der Waals surface area (Å²) >= 11 is 0. The van der Waals surface area contributed by atoms with Gasteiger partial charge >= 0.3 is 0 Å². The molecule has 1 atom stereocenters. The first-order valence-electron chi connectivity index (χ1n) is 4.56. The van der Waals surface area contributed by atoms with Gasteiger partial charge in [-0.2, -0.15) is 8.42 Å². The Labute approximate surface area is 97.9 Å². The maximum Gasteiger partial charge on any atom is 0.269 e. The molecule has 0 heterocycles. The highest BCUT2D eigenvalue weighted by atomic mass is 32.2. The van der Waals surface area contributed by atoms with E-state index in [1.807, 2.05) is 0 Å². The van der Waals surface area contributed by atoms with Crippen LogP contribution >= 0.6 is 0 Å². The first kappa shape index (κ1) is 13.6. The summed E-state index contributed by atoms with van der Waals surface area (Å²) in [5.74, 6) is 0. The third-order valence-electron chi connectivity index (χ3n) is 1.93. The van der Waals surface area contributed by atoms with Gasteiger partial charge in [0.25, 0.3) is 15.8 Å². The van der Waals surface area contributed by atoms with Crippen LogP contribution in [-0.2, 0) is 14.3 Å². The quantitative estimate of drug-likeness (QED) is 0.472. The highest BCUT2D eigenvalue weighted by molar-refractivity contribution is 7.85. The molecule has 94 valence electrons. The average Bonchev–Trinajstić information content (AvgIpc) is 2.25. The van der Waals surface area contributed by atoms with Crippen LogP contribution in [0.25, 0.3) is 0 Å². The predicted octanol–water partition coefficient (Wildman–Crippen LogP) is 0.604. The van der Waals surface area contributed by atoms with Crippen LogP contribution in [0, 0.1) is 10.1 Å². The smallest absolute Gasteiger partial charge is 0.269 e. The molecule has 0 amide bonds. The number of aliphatic hydroxyl groups excluding tert-OH is 1. The molecular weight excluding hydrogens is 250 g/mol. The lowest BCUT2D eigenvalue weighted by Crippen LogP contribution is -2.11. The molecule has 0 radical (unpaired) electrons. The normalized spacial score (nSPS) is 13.3. The summed E-state index contributed by atoms with van der Waals surface area (Å²) < 4.78 is 25.8. The van der Waals surface area contributed by atoms with Crippen molar-refractivity contribution in [2.45, 2.75) is 6.10 Å². The fraction of sp³-hybridized carbons (Fsp3) is 0.333. The molecule has 0 saturated heterocycles. The van der Waals surface area contributed by atoms with E-state index in [1.165, 1.54) is 24.3 Å². The summed E-state index contributed by atoms with van der Waals surface area (Å²) in [5.41, 5.74) is 0.240. The van der Waals surface area contributed by atoms with Crippen molar-refractivity contribution in [3.63, 3.8) is 0 Å². The molecule has 1 rings (SSSR count). The van der Waals surface area contributed by atoms with Gasteiger partial charge in [-0.05, 0) is 17.7 Å². The Morgan fingerprint density at radius 2 is 1.94 bits per heavy atom. The van der Waals surface area contributed by atoms with Crippen molar-refractivity contribution in [3.8, 4) is 0 Å². The Hall–Kier alpha value is -1.51. The van der Waals surface area contributed by atoms with Gasteiger partial charge in [-0.1, -0.05) is 0 Å². The zero-order chi connectivity index (χ0) is 13.1. The topological polar surface area (TPSA) is 107 Å². The zero-order valence-electron chi connectivity index (χ0n) is 8.94. The number of aliphatic hydroxyl groups is 1. The molecule has 17 heavy (non-hydrogen) atoms. The van der Waals surface area contributed by atoms with Crippen molar-refractivity contribution in [3.05, 3.63) is 39.9 Å². The van der Waals surface area contributed by atoms with Crippen molar-refractivity contribution in [2.75, 3.05) is 12.9 Å². The van der Waals surface area contributed by atoms with E-state index < -0.39 is 27.8 Å². The van der Waals surface area contributed by atoms with Crippen LogP contribution in [0.2, 0.25) is 0 Å². The van der Waals surface area contributed by atoms with E-state index in [9.17, 15) is 23.6 Å². The molecule has 0 aromatic heterocycles. The van der Waals surface area contributed by atoms with Gasteiger partial charge in [0.15, 0.2) is 0 Å². The van der Waals surface area contributed by atoms with Crippen molar-refractivity contribution in [1.29, 1.82) is 0 Å². The molecule has 1 unspecified atom stereocenters. The van der Waals surface area contributed by atoms with Crippen molar-refractivity contribution in [1.82, 2.24) is 0 Å². The Balaban J connectivity index is 2.70. The van der Waals surface area contributed by atoms with Gasteiger partial charge in [-0.3, -0.25) is 14.3 Å². The molecule has 0 aliphatic heterocycles. The van der Waals surface area contributed by atoms with Crippen molar-refractivity contribution in [2.24, 2.45) is 0 Å². The highest BCUT2D eigenvalue weighted by Gasteiger charge is 2.13. The number of benzene rings is 1. The van der Waals surface area contributed by atoms with Crippen LogP contribution in [0.1, 0.15) is 11.7 Å². The van der Waals surface area contributed by atoms with Crippen LogP contribution < -0.4 is 0 Å². The molecule has 1 aromatic carbocycles. The summed E-state index contributed by atoms with van der Waals surface area (Å²) in [7, 11) is -3.62. The molecule has 1 N–H and O–H groups in total. The largest absolute Gasteiger partial charge is 0.386 e. The Kier molecular flexibility index (Phi) is 4.16. The third kappa shape index (κ3) is 4.47. The van der Waals surface area contributed by atoms with E-state index in [-0.39, 0.29) is 5.69 Å². The van der Waals surface area contributed by atoms with Gasteiger partial charge < -0.3 is 5.11 Å². The lowest BCUT2D eigenvalue weighted by atomic mass is 10.1. The van der Waals surface area contributed by atoms with E-state index in [0.29, 0.717) is 5.56 Å². The predicted molar refractivity (Wildman–Crippen MR) is 58.9 cm³/mol. The second kappa shape index (κ2) is 5.21. The fourth-order valence-electron chi connectivity index (χ4n) is 1.10. The van der Waals surface area contributed by atoms with Crippen LogP contribution in [-0.4, -0.2) is 31.3 Å². The SMILES string of the molecule is CS(=O)(=O)OCC(O)c1ccc([N+](=O)[O-])cc1. The van der Waals surface area contributed by atoms with Crippen LogP contribution in [0.15, 0.2) is 24.3 Å². The molecule has 0 aliphatic rings. The van der Waals surface area contributed by atoms with Crippen LogP contribution in [0.4, 0.5) is 5.69 Å². The van der Waals surface area contributed by atoms with Crippen LogP contribution in [0.3, 0.4) is 0 Å². The van der Waals surface area contributed by atoms with E-state index in [1.54, 1.807) is 0 Å². The maximum atomic E-state index is 10.7. The standard InChI is InChI=1S/C9H11NO6S/c1-17(14,15)16-6-9(11)7-2-4-8(5-3-7)10(12)13/h2-5,9,11H,6H2,1H3. The highest BCUT2D eigenvalue weighted by Crippen LogP contribution is 2.18. The summed E-state index contributed by atoms with van der Waals surface area (Å²) in [6, 6.07) is 5.13. The number of rotatable bonds is 5. The first-order valence-corrected chi connectivity index (χ1v) is 6.38. The van der Waals surface area contributed by atoms with Crippen LogP contribution in [0.5, 0.6) is 0 Å². The lowest BCUT2D eigenvalue weighted by Gasteiger charge is -2.09. The minimum atomic E-state index is -3.62. The van der Waals surface area contributed by atoms with E-state index in [0.717, 1.165) is 6.26 Å². The number of non-ortho nitro benzene ring substituents is 1. The molecule has 0 spiro atoms. The minimum Gasteiger partial charge on any atom is -0.386 e. The Morgan fingerprint density at radius 1 is 1.41 bits per heavy atom. The van der Waals surface area contributed by atoms with Gasteiger partial charge in [-0.15, -0.1) is 0 Å². The molecule has 0 bridgehead atoms. The second-order valence-electron chi connectivity index (χ2n) is 3.35. The Morgan fingerprint density at radius 3 is 2.35 bits per heavy atom. The molecular formula is C9H11NO6S. The van der Waals surface area contributed by atoms with Gasteiger partial charge in [0.1, 0.15) is 6.10 Å². The zero-order valence-corrected chi connectivity index (χ0v) is 9.75. The molecule has 8 heteroatoms. The number of hydrogen-bond acceptors (Lipinski definition) is 6. The average molecular weight is 261 g/mol. The fourth-order valence-corrected chi connectivity index (χ4v) is 1.48. The van der Waals surface area contributed by atoms with Crippen molar-refractivity contribution < 1.29 is 22.6 Å². The second-order valence-corrected chi connectivity index (χ2v) is 5.00. The first-order chi connectivity index (χ1) is 7.79. The maximum absolute atomic E-state index is 10.7. The molecule has 1 aromatic rings. The summed E-state index contributed by atoms with van der Waals surface area (Å²) in [4.78, 5) is 9.81. The van der Waals surface area contributed by atoms with E-state index >= 15 is 0 Å².